The zero-order valence-corrected chi connectivity index (χ0v) is 17.6. The predicted octanol–water partition coefficient (Wildman–Crippen LogP) is 2.96. The number of hydrogen-bond acceptors (Lipinski definition) is 6. The summed E-state index contributed by atoms with van der Waals surface area (Å²) in [6, 6.07) is 14.3. The quantitative estimate of drug-likeness (QED) is 0.312. The van der Waals surface area contributed by atoms with E-state index in [1.165, 1.54) is 24.2 Å². The summed E-state index contributed by atoms with van der Waals surface area (Å²) in [4.78, 5) is 26.2. The Kier molecular flexibility index (Phi) is 6.80. The van der Waals surface area contributed by atoms with E-state index in [1.807, 2.05) is 12.1 Å². The molecule has 2 amide bonds. The van der Waals surface area contributed by atoms with Crippen molar-refractivity contribution in [3.63, 3.8) is 0 Å². The molecule has 0 aliphatic carbocycles. The first-order valence-electron chi connectivity index (χ1n) is 9.27. The number of benzene rings is 2. The van der Waals surface area contributed by atoms with Crippen molar-refractivity contribution in [1.82, 2.24) is 10.2 Å². The highest BCUT2D eigenvalue weighted by Gasteiger charge is 2.32. The van der Waals surface area contributed by atoms with Crippen LogP contribution in [0.25, 0.3) is 6.08 Å². The van der Waals surface area contributed by atoms with Crippen LogP contribution in [0.3, 0.4) is 0 Å². The molecule has 8 heteroatoms. The normalized spacial score (nSPS) is 14.8. The van der Waals surface area contributed by atoms with E-state index in [0.717, 1.165) is 5.56 Å². The lowest BCUT2D eigenvalue weighted by molar-refractivity contribution is -0.128. The van der Waals surface area contributed by atoms with Crippen LogP contribution in [0.2, 0.25) is 0 Å². The van der Waals surface area contributed by atoms with Crippen molar-refractivity contribution in [1.29, 1.82) is 5.26 Å². The van der Waals surface area contributed by atoms with Gasteiger partial charge in [-0.3, -0.25) is 19.8 Å². The van der Waals surface area contributed by atoms with Crippen molar-refractivity contribution in [2.24, 2.45) is 0 Å². The van der Waals surface area contributed by atoms with E-state index in [1.54, 1.807) is 30.3 Å². The molecule has 1 N–H and O–H groups in total. The van der Waals surface area contributed by atoms with Crippen LogP contribution in [0.5, 0.6) is 11.5 Å². The van der Waals surface area contributed by atoms with Crippen LogP contribution in [0.15, 0.2) is 60.7 Å². The first kappa shape index (κ1) is 21.7. The molecule has 0 radical (unpaired) electrons. The van der Waals surface area contributed by atoms with Crippen LogP contribution in [0, 0.1) is 11.3 Å². The highest BCUT2D eigenvalue weighted by molar-refractivity contribution is 7.80. The summed E-state index contributed by atoms with van der Waals surface area (Å²) in [7, 11) is 1.49. The number of thiocarbonyl (C=S) groups is 1. The number of carbonyl (C=O) groups is 2. The van der Waals surface area contributed by atoms with Crippen LogP contribution < -0.4 is 14.8 Å². The Bertz CT molecular complexity index is 1130. The fourth-order valence-corrected chi connectivity index (χ4v) is 3.21. The van der Waals surface area contributed by atoms with Crippen LogP contribution in [0.4, 0.5) is 0 Å². The van der Waals surface area contributed by atoms with E-state index in [-0.39, 0.29) is 23.8 Å². The molecule has 1 aliphatic heterocycles. The molecule has 156 valence electrons. The number of methoxy groups -OCH3 is 1. The van der Waals surface area contributed by atoms with Gasteiger partial charge in [-0.05, 0) is 42.1 Å². The molecule has 0 saturated carbocycles. The minimum atomic E-state index is -0.567. The molecule has 0 bridgehead atoms. The Morgan fingerprint density at radius 3 is 2.71 bits per heavy atom. The molecule has 0 unspecified atom stereocenters. The van der Waals surface area contributed by atoms with Crippen molar-refractivity contribution in [3.05, 3.63) is 77.4 Å². The van der Waals surface area contributed by atoms with Crippen LogP contribution in [-0.2, 0) is 16.2 Å². The van der Waals surface area contributed by atoms with Gasteiger partial charge in [0.2, 0.25) is 0 Å². The van der Waals surface area contributed by atoms with Gasteiger partial charge in [-0.1, -0.05) is 30.3 Å². The second-order valence-corrected chi connectivity index (χ2v) is 6.88. The van der Waals surface area contributed by atoms with E-state index in [2.05, 4.69) is 18.0 Å². The molecule has 1 heterocycles. The van der Waals surface area contributed by atoms with Gasteiger partial charge < -0.3 is 9.47 Å². The Morgan fingerprint density at radius 2 is 2.00 bits per heavy atom. The number of ether oxygens (including phenoxy) is 2. The molecule has 1 aliphatic rings. The number of hydrogen-bond donors (Lipinski definition) is 1. The van der Waals surface area contributed by atoms with E-state index in [4.69, 9.17) is 21.7 Å². The topological polar surface area (TPSA) is 91.7 Å². The third kappa shape index (κ3) is 4.79. The Hall–Kier alpha value is -3.96. The Labute approximate surface area is 185 Å². The molecule has 2 aromatic rings. The van der Waals surface area contributed by atoms with E-state index in [9.17, 15) is 14.9 Å². The lowest BCUT2D eigenvalue weighted by atomic mass is 10.1. The van der Waals surface area contributed by atoms with Gasteiger partial charge in [-0.25, -0.2) is 0 Å². The molecule has 0 spiro atoms. The second kappa shape index (κ2) is 9.69. The number of amides is 2. The maximum absolute atomic E-state index is 12.7. The van der Waals surface area contributed by atoms with Gasteiger partial charge in [0.1, 0.15) is 12.2 Å². The standard InChI is InChI=1S/C23H19N3O4S/c1-3-10-26-22(28)18(21(27)25-23(26)31)11-15-8-9-19(20(12-15)29-2)30-14-17-7-5-4-6-16(17)13-24/h3-9,11-12H,1,10,14H2,2H3,(H,25,27,31)/b18-11-. The minimum absolute atomic E-state index is 0.0471. The zero-order chi connectivity index (χ0) is 22.4. The first-order chi connectivity index (χ1) is 15.0. The van der Waals surface area contributed by atoms with Gasteiger partial charge >= 0.3 is 0 Å². The SMILES string of the molecule is C=CCN1C(=O)/C(=C\c2ccc(OCc3ccccc3C#N)c(OC)c2)C(=O)NC1=S. The summed E-state index contributed by atoms with van der Waals surface area (Å²) < 4.78 is 11.2. The monoisotopic (exact) mass is 433 g/mol. The van der Waals surface area contributed by atoms with Crippen LogP contribution in [0.1, 0.15) is 16.7 Å². The van der Waals surface area contributed by atoms with Crippen molar-refractivity contribution >= 4 is 35.2 Å². The average Bonchev–Trinajstić information content (AvgIpc) is 2.78. The first-order valence-corrected chi connectivity index (χ1v) is 9.68. The van der Waals surface area contributed by atoms with Gasteiger partial charge in [-0.15, -0.1) is 6.58 Å². The maximum atomic E-state index is 12.7. The largest absolute Gasteiger partial charge is 0.493 e. The van der Waals surface area contributed by atoms with Gasteiger partial charge in [0.05, 0.1) is 18.7 Å². The fourth-order valence-electron chi connectivity index (χ4n) is 2.96. The van der Waals surface area contributed by atoms with Gasteiger partial charge in [-0.2, -0.15) is 5.26 Å². The molecule has 1 saturated heterocycles. The molecule has 1 fully saturated rings. The van der Waals surface area contributed by atoms with Gasteiger partial charge in [0, 0.05) is 12.1 Å². The number of carbonyl (C=O) groups excluding carboxylic acids is 2. The Morgan fingerprint density at radius 1 is 1.23 bits per heavy atom. The van der Waals surface area contributed by atoms with E-state index in [0.29, 0.717) is 22.6 Å². The summed E-state index contributed by atoms with van der Waals surface area (Å²) in [6.45, 7) is 3.98. The summed E-state index contributed by atoms with van der Waals surface area (Å²) in [5.41, 5.74) is 1.81. The molecule has 7 nitrogen and oxygen atoms in total. The highest BCUT2D eigenvalue weighted by atomic mass is 32.1. The van der Waals surface area contributed by atoms with E-state index < -0.39 is 11.8 Å². The summed E-state index contributed by atoms with van der Waals surface area (Å²) in [5, 5.41) is 11.8. The Balaban J connectivity index is 1.84. The molecule has 2 aromatic carbocycles. The number of nitriles is 1. The van der Waals surface area contributed by atoms with Crippen molar-refractivity contribution in [2.75, 3.05) is 13.7 Å². The molecule has 31 heavy (non-hydrogen) atoms. The van der Waals surface area contributed by atoms with Crippen molar-refractivity contribution < 1.29 is 19.1 Å². The van der Waals surface area contributed by atoms with Crippen LogP contribution >= 0.6 is 12.2 Å². The van der Waals surface area contributed by atoms with Crippen molar-refractivity contribution in [2.45, 2.75) is 6.61 Å². The number of nitrogens with zero attached hydrogens (tertiary/aromatic N) is 2. The lowest BCUT2D eigenvalue weighted by Gasteiger charge is -2.27. The molecule has 3 rings (SSSR count). The highest BCUT2D eigenvalue weighted by Crippen LogP contribution is 2.30. The second-order valence-electron chi connectivity index (χ2n) is 6.49. The van der Waals surface area contributed by atoms with Crippen LogP contribution in [-0.4, -0.2) is 35.5 Å². The number of nitrogens with one attached hydrogen (secondary N) is 1. The third-order valence-electron chi connectivity index (χ3n) is 4.52. The fraction of sp³-hybridized carbons (Fsp3) is 0.130. The molecule has 0 atom stereocenters. The summed E-state index contributed by atoms with van der Waals surface area (Å²) >= 11 is 5.05. The smallest absolute Gasteiger partial charge is 0.265 e. The predicted molar refractivity (Wildman–Crippen MR) is 119 cm³/mol. The zero-order valence-electron chi connectivity index (χ0n) is 16.8. The third-order valence-corrected chi connectivity index (χ3v) is 4.84. The lowest BCUT2D eigenvalue weighted by Crippen LogP contribution is -2.53. The van der Waals surface area contributed by atoms with Crippen molar-refractivity contribution in [3.8, 4) is 17.6 Å². The summed E-state index contributed by atoms with van der Waals surface area (Å²) in [5.74, 6) is -0.180. The minimum Gasteiger partial charge on any atom is -0.493 e. The number of rotatable bonds is 7. The molecule has 0 aromatic heterocycles. The molecular weight excluding hydrogens is 414 g/mol. The maximum Gasteiger partial charge on any atom is 0.265 e. The molecular formula is C23H19N3O4S. The average molecular weight is 433 g/mol. The van der Waals surface area contributed by atoms with Gasteiger partial charge in [0.25, 0.3) is 11.8 Å². The summed E-state index contributed by atoms with van der Waals surface area (Å²) in [6.07, 6.45) is 2.99. The van der Waals surface area contributed by atoms with E-state index >= 15 is 0 Å². The van der Waals surface area contributed by atoms with Gasteiger partial charge in [0.15, 0.2) is 16.6 Å².